The minimum Gasteiger partial charge on any atom is -0.481 e. The number of rotatable bonds is 7. The van der Waals surface area contributed by atoms with Gasteiger partial charge in [-0.1, -0.05) is 30.3 Å². The van der Waals surface area contributed by atoms with Crippen molar-refractivity contribution < 1.29 is 24.5 Å². The Hall–Kier alpha value is -2.64. The van der Waals surface area contributed by atoms with Crippen LogP contribution in [0.2, 0.25) is 0 Å². The van der Waals surface area contributed by atoms with Crippen LogP contribution in [0.25, 0.3) is 0 Å². The standard InChI is InChI=1S/C17H20N2O5/c1-23-15-9-13(7-8-18-15)16(21)14(20)10-19-17(22)24-11-12-5-3-2-4-6-12/h2-9,14,16,20-21H,10-11H2,1H3,(H,19,22). The third-order valence-corrected chi connectivity index (χ3v) is 3.34. The summed E-state index contributed by atoms with van der Waals surface area (Å²) in [7, 11) is 1.46. The lowest BCUT2D eigenvalue weighted by Crippen LogP contribution is -2.35. The quantitative estimate of drug-likeness (QED) is 0.709. The number of aromatic nitrogens is 1. The molecule has 1 heterocycles. The molecule has 0 saturated heterocycles. The van der Waals surface area contributed by atoms with Crippen molar-refractivity contribution in [3.05, 3.63) is 59.8 Å². The number of carbonyl (C=O) groups excluding carboxylic acids is 1. The lowest BCUT2D eigenvalue weighted by Gasteiger charge is -2.18. The Morgan fingerprint density at radius 3 is 2.71 bits per heavy atom. The molecule has 2 rings (SSSR count). The maximum atomic E-state index is 11.6. The number of nitrogens with zero attached hydrogens (tertiary/aromatic N) is 1. The van der Waals surface area contributed by atoms with Gasteiger partial charge in [0.15, 0.2) is 0 Å². The van der Waals surface area contributed by atoms with Crippen molar-refractivity contribution >= 4 is 6.09 Å². The zero-order chi connectivity index (χ0) is 17.4. The monoisotopic (exact) mass is 332 g/mol. The third kappa shape index (κ3) is 5.22. The number of amides is 1. The highest BCUT2D eigenvalue weighted by molar-refractivity contribution is 5.67. The maximum absolute atomic E-state index is 11.6. The van der Waals surface area contributed by atoms with Gasteiger partial charge in [0, 0.05) is 18.8 Å². The van der Waals surface area contributed by atoms with Gasteiger partial charge in [-0.2, -0.15) is 0 Å². The van der Waals surface area contributed by atoms with Crippen molar-refractivity contribution in [2.24, 2.45) is 0 Å². The lowest BCUT2D eigenvalue weighted by molar-refractivity contribution is 0.0182. The molecule has 0 radical (unpaired) electrons. The van der Waals surface area contributed by atoms with E-state index in [1.54, 1.807) is 6.07 Å². The molecule has 0 aliphatic rings. The summed E-state index contributed by atoms with van der Waals surface area (Å²) in [6.07, 6.45) is -1.58. The van der Waals surface area contributed by atoms with Gasteiger partial charge in [0.05, 0.1) is 7.11 Å². The van der Waals surface area contributed by atoms with E-state index in [1.165, 1.54) is 19.4 Å². The molecule has 1 aromatic heterocycles. The number of benzene rings is 1. The summed E-state index contributed by atoms with van der Waals surface area (Å²) in [6.45, 7) is -0.0215. The van der Waals surface area contributed by atoms with E-state index >= 15 is 0 Å². The second-order valence-corrected chi connectivity index (χ2v) is 5.09. The number of aliphatic hydroxyl groups excluding tert-OH is 2. The molecule has 128 valence electrons. The molecule has 0 fully saturated rings. The van der Waals surface area contributed by atoms with Crippen LogP contribution < -0.4 is 10.1 Å². The summed E-state index contributed by atoms with van der Waals surface area (Å²) < 4.78 is 9.99. The SMILES string of the molecule is COc1cc(C(O)C(O)CNC(=O)OCc2ccccc2)ccn1. The Bertz CT molecular complexity index is 650. The second-order valence-electron chi connectivity index (χ2n) is 5.09. The van der Waals surface area contributed by atoms with Crippen molar-refractivity contribution in [1.29, 1.82) is 0 Å². The molecule has 0 aliphatic carbocycles. The van der Waals surface area contributed by atoms with Gasteiger partial charge in [-0.3, -0.25) is 0 Å². The van der Waals surface area contributed by atoms with Crippen LogP contribution in [0, 0.1) is 0 Å². The first-order valence-corrected chi connectivity index (χ1v) is 7.40. The molecule has 0 aliphatic heterocycles. The van der Waals surface area contributed by atoms with Crippen LogP contribution in [0.15, 0.2) is 48.7 Å². The van der Waals surface area contributed by atoms with Crippen molar-refractivity contribution in [1.82, 2.24) is 10.3 Å². The van der Waals surface area contributed by atoms with E-state index in [9.17, 15) is 15.0 Å². The van der Waals surface area contributed by atoms with Crippen LogP contribution in [-0.2, 0) is 11.3 Å². The van der Waals surface area contributed by atoms with E-state index in [0.29, 0.717) is 11.4 Å². The average molecular weight is 332 g/mol. The van der Waals surface area contributed by atoms with Crippen molar-refractivity contribution in [3.63, 3.8) is 0 Å². The molecule has 2 atom stereocenters. The number of hydrogen-bond acceptors (Lipinski definition) is 6. The van der Waals surface area contributed by atoms with Crippen LogP contribution in [-0.4, -0.2) is 41.0 Å². The molecule has 1 amide bonds. The fourth-order valence-corrected chi connectivity index (χ4v) is 2.02. The van der Waals surface area contributed by atoms with Crippen LogP contribution in [0.4, 0.5) is 4.79 Å². The largest absolute Gasteiger partial charge is 0.481 e. The van der Waals surface area contributed by atoms with Crippen LogP contribution in [0.3, 0.4) is 0 Å². The first-order chi connectivity index (χ1) is 11.6. The molecule has 0 spiro atoms. The van der Waals surface area contributed by atoms with Gasteiger partial charge in [0.1, 0.15) is 18.8 Å². The molecule has 2 aromatic rings. The number of alkyl carbamates (subject to hydrolysis) is 1. The predicted molar refractivity (Wildman–Crippen MR) is 86.4 cm³/mol. The fraction of sp³-hybridized carbons (Fsp3) is 0.294. The van der Waals surface area contributed by atoms with Gasteiger partial charge < -0.3 is 25.0 Å². The number of hydrogen-bond donors (Lipinski definition) is 3. The van der Waals surface area contributed by atoms with Crippen LogP contribution in [0.5, 0.6) is 5.88 Å². The molecule has 24 heavy (non-hydrogen) atoms. The van der Waals surface area contributed by atoms with Gasteiger partial charge in [-0.05, 0) is 17.2 Å². The van der Waals surface area contributed by atoms with Gasteiger partial charge in [-0.15, -0.1) is 0 Å². The third-order valence-electron chi connectivity index (χ3n) is 3.34. The Labute approximate surface area is 139 Å². The van der Waals surface area contributed by atoms with E-state index < -0.39 is 18.3 Å². The van der Waals surface area contributed by atoms with Crippen molar-refractivity contribution in [2.75, 3.05) is 13.7 Å². The summed E-state index contributed by atoms with van der Waals surface area (Å²) in [5, 5.41) is 22.5. The normalized spacial score (nSPS) is 13.0. The van der Waals surface area contributed by atoms with E-state index in [4.69, 9.17) is 9.47 Å². The highest BCUT2D eigenvalue weighted by atomic mass is 16.5. The van der Waals surface area contributed by atoms with Gasteiger partial charge >= 0.3 is 6.09 Å². The Balaban J connectivity index is 1.79. The number of carbonyl (C=O) groups is 1. The summed E-state index contributed by atoms with van der Waals surface area (Å²) in [4.78, 5) is 15.5. The minimum absolute atomic E-state index is 0.132. The average Bonchev–Trinajstić information content (AvgIpc) is 2.64. The second kappa shape index (κ2) is 8.85. The summed E-state index contributed by atoms with van der Waals surface area (Å²) >= 11 is 0. The number of ether oxygens (including phenoxy) is 2. The van der Waals surface area contributed by atoms with Gasteiger partial charge in [0.2, 0.25) is 5.88 Å². The fourth-order valence-electron chi connectivity index (χ4n) is 2.02. The first kappa shape index (κ1) is 17.7. The maximum Gasteiger partial charge on any atom is 0.407 e. The molecule has 2 unspecified atom stereocenters. The highest BCUT2D eigenvalue weighted by Gasteiger charge is 2.20. The minimum atomic E-state index is -1.19. The summed E-state index contributed by atoms with van der Waals surface area (Å²) in [5.41, 5.74) is 1.30. The van der Waals surface area contributed by atoms with Crippen LogP contribution >= 0.6 is 0 Å². The Morgan fingerprint density at radius 1 is 1.25 bits per heavy atom. The van der Waals surface area contributed by atoms with E-state index in [1.807, 2.05) is 30.3 Å². The molecule has 0 bridgehead atoms. The summed E-state index contributed by atoms with van der Waals surface area (Å²) in [6, 6.07) is 12.3. The van der Waals surface area contributed by atoms with E-state index in [-0.39, 0.29) is 13.2 Å². The van der Waals surface area contributed by atoms with Crippen molar-refractivity contribution in [3.8, 4) is 5.88 Å². The molecule has 3 N–H and O–H groups in total. The van der Waals surface area contributed by atoms with Gasteiger partial charge in [0.25, 0.3) is 0 Å². The number of nitrogens with one attached hydrogen (secondary N) is 1. The molecule has 0 saturated carbocycles. The van der Waals surface area contributed by atoms with E-state index in [2.05, 4.69) is 10.3 Å². The molecule has 1 aromatic carbocycles. The molecule has 7 heteroatoms. The molecular weight excluding hydrogens is 312 g/mol. The Morgan fingerprint density at radius 2 is 2.00 bits per heavy atom. The van der Waals surface area contributed by atoms with E-state index in [0.717, 1.165) is 5.56 Å². The predicted octanol–water partition coefficient (Wildman–Crippen LogP) is 1.41. The smallest absolute Gasteiger partial charge is 0.407 e. The topological polar surface area (TPSA) is 101 Å². The lowest BCUT2D eigenvalue weighted by atomic mass is 10.1. The first-order valence-electron chi connectivity index (χ1n) is 7.40. The number of aliphatic hydroxyl groups is 2. The summed E-state index contributed by atoms with van der Waals surface area (Å²) in [5.74, 6) is 0.328. The van der Waals surface area contributed by atoms with Gasteiger partial charge in [-0.25, -0.2) is 9.78 Å². The molecule has 7 nitrogen and oxygen atoms in total. The molecular formula is C17H20N2O5. The number of pyridine rings is 1. The van der Waals surface area contributed by atoms with Crippen molar-refractivity contribution in [2.45, 2.75) is 18.8 Å². The highest BCUT2D eigenvalue weighted by Crippen LogP contribution is 2.19. The zero-order valence-corrected chi connectivity index (χ0v) is 13.3. The Kier molecular flexibility index (Phi) is 6.53. The number of methoxy groups -OCH3 is 1. The van der Waals surface area contributed by atoms with Crippen LogP contribution in [0.1, 0.15) is 17.2 Å². The zero-order valence-electron chi connectivity index (χ0n) is 13.3.